The van der Waals surface area contributed by atoms with E-state index < -0.39 is 23.5 Å². The predicted octanol–water partition coefficient (Wildman–Crippen LogP) is 5.32. The molecule has 0 aliphatic carbocycles. The molecular weight excluding hydrogens is 512 g/mol. The van der Waals surface area contributed by atoms with Crippen LogP contribution in [0.5, 0.6) is 17.2 Å². The topological polar surface area (TPSA) is 94.6 Å². The number of nitrogens with zero attached hydrogens (tertiary/aromatic N) is 2. The number of ether oxygens (including phenoxy) is 4. The fourth-order valence-electron chi connectivity index (χ4n) is 4.36. The zero-order chi connectivity index (χ0) is 28.9. The van der Waals surface area contributed by atoms with Crippen molar-refractivity contribution in [1.82, 2.24) is 9.80 Å². The summed E-state index contributed by atoms with van der Waals surface area (Å²) in [5, 5.41) is 0. The van der Waals surface area contributed by atoms with E-state index in [0.717, 1.165) is 5.56 Å². The maximum atomic E-state index is 13.4. The van der Waals surface area contributed by atoms with Gasteiger partial charge in [-0.2, -0.15) is 0 Å². The standard InChI is InChI=1S/C31H34N2O7/c1-31(2,3)40-30(36)32(19-21-10-7-6-8-11-21)16-17-39-25-13-9-12-23-27(25)29(35)33(28(23)34)20-22-14-15-24(37-4)26(18-22)38-5/h6-15,18H,16-17,19-20H2,1-5H3. The maximum Gasteiger partial charge on any atom is 0.410 e. The van der Waals surface area contributed by atoms with E-state index in [0.29, 0.717) is 23.6 Å². The van der Waals surface area contributed by atoms with Gasteiger partial charge in [0.2, 0.25) is 0 Å². The Hall–Kier alpha value is -4.53. The molecule has 0 aromatic heterocycles. The third-order valence-electron chi connectivity index (χ3n) is 6.24. The summed E-state index contributed by atoms with van der Waals surface area (Å²) in [6, 6.07) is 19.8. The SMILES string of the molecule is COc1ccc(CN2C(=O)c3cccc(OCCN(Cc4ccccc4)C(=O)OC(C)(C)C)c3C2=O)cc1OC. The van der Waals surface area contributed by atoms with Crippen LogP contribution in [-0.2, 0) is 17.8 Å². The van der Waals surface area contributed by atoms with Crippen LogP contribution in [0, 0.1) is 0 Å². The molecule has 1 aliphatic rings. The number of rotatable bonds is 10. The molecule has 4 rings (SSSR count). The fraction of sp³-hybridized carbons (Fsp3) is 0.323. The van der Waals surface area contributed by atoms with Crippen LogP contribution in [0.15, 0.2) is 66.7 Å². The molecule has 3 aromatic carbocycles. The lowest BCUT2D eigenvalue weighted by molar-refractivity contribution is 0.0208. The summed E-state index contributed by atoms with van der Waals surface area (Å²) in [7, 11) is 3.06. The van der Waals surface area contributed by atoms with E-state index in [9.17, 15) is 14.4 Å². The first-order valence-electron chi connectivity index (χ1n) is 13.0. The summed E-state index contributed by atoms with van der Waals surface area (Å²) >= 11 is 0. The highest BCUT2D eigenvalue weighted by molar-refractivity contribution is 6.22. The van der Waals surface area contributed by atoms with Gasteiger partial charge in [0.25, 0.3) is 11.8 Å². The first kappa shape index (κ1) is 28.5. The van der Waals surface area contributed by atoms with Crippen molar-refractivity contribution in [3.63, 3.8) is 0 Å². The molecule has 0 radical (unpaired) electrons. The van der Waals surface area contributed by atoms with Gasteiger partial charge < -0.3 is 23.8 Å². The van der Waals surface area contributed by atoms with Gasteiger partial charge >= 0.3 is 6.09 Å². The van der Waals surface area contributed by atoms with Crippen molar-refractivity contribution in [2.45, 2.75) is 39.5 Å². The highest BCUT2D eigenvalue weighted by Gasteiger charge is 2.38. The second-order valence-electron chi connectivity index (χ2n) is 10.3. The molecule has 0 unspecified atom stereocenters. The van der Waals surface area contributed by atoms with E-state index in [-0.39, 0.29) is 36.6 Å². The van der Waals surface area contributed by atoms with Crippen molar-refractivity contribution >= 4 is 17.9 Å². The van der Waals surface area contributed by atoms with Gasteiger partial charge in [0.05, 0.1) is 38.4 Å². The molecule has 0 spiro atoms. The van der Waals surface area contributed by atoms with E-state index in [4.69, 9.17) is 18.9 Å². The predicted molar refractivity (Wildman–Crippen MR) is 149 cm³/mol. The second kappa shape index (κ2) is 12.1. The summed E-state index contributed by atoms with van der Waals surface area (Å²) in [6.07, 6.45) is -0.467. The normalized spacial score (nSPS) is 12.7. The number of carbonyl (C=O) groups is 3. The number of amides is 3. The number of benzene rings is 3. The fourth-order valence-corrected chi connectivity index (χ4v) is 4.36. The molecule has 0 fully saturated rings. The molecule has 0 atom stereocenters. The summed E-state index contributed by atoms with van der Waals surface area (Å²) in [4.78, 5) is 42.2. The molecule has 0 bridgehead atoms. The van der Waals surface area contributed by atoms with Gasteiger partial charge in [0.15, 0.2) is 11.5 Å². The molecule has 0 N–H and O–H groups in total. The Morgan fingerprint density at radius 2 is 1.55 bits per heavy atom. The summed E-state index contributed by atoms with van der Waals surface area (Å²) in [5.41, 5.74) is 1.48. The maximum absolute atomic E-state index is 13.4. The lowest BCUT2D eigenvalue weighted by Crippen LogP contribution is -2.38. The van der Waals surface area contributed by atoms with Crippen molar-refractivity contribution in [3.05, 3.63) is 89.0 Å². The number of fused-ring (bicyclic) bond motifs is 1. The lowest BCUT2D eigenvalue weighted by atomic mass is 10.1. The van der Waals surface area contributed by atoms with Gasteiger partial charge in [-0.05, 0) is 56.2 Å². The number of hydrogen-bond acceptors (Lipinski definition) is 7. The van der Waals surface area contributed by atoms with Gasteiger partial charge in [-0.3, -0.25) is 14.5 Å². The molecule has 9 heteroatoms. The first-order chi connectivity index (χ1) is 19.1. The summed E-state index contributed by atoms with van der Waals surface area (Å²) in [6.45, 7) is 6.14. The van der Waals surface area contributed by atoms with Gasteiger partial charge in [-0.25, -0.2) is 4.79 Å². The zero-order valence-electron chi connectivity index (χ0n) is 23.4. The first-order valence-corrected chi connectivity index (χ1v) is 13.0. The van der Waals surface area contributed by atoms with E-state index in [2.05, 4.69) is 0 Å². The van der Waals surface area contributed by atoms with E-state index in [1.54, 1.807) is 41.3 Å². The molecule has 0 saturated heterocycles. The highest BCUT2D eigenvalue weighted by Crippen LogP contribution is 2.33. The van der Waals surface area contributed by atoms with Gasteiger partial charge in [-0.15, -0.1) is 0 Å². The van der Waals surface area contributed by atoms with Gasteiger partial charge in [0, 0.05) is 6.54 Å². The molecule has 0 saturated carbocycles. The van der Waals surface area contributed by atoms with Gasteiger partial charge in [-0.1, -0.05) is 42.5 Å². The third-order valence-corrected chi connectivity index (χ3v) is 6.24. The van der Waals surface area contributed by atoms with Crippen molar-refractivity contribution < 1.29 is 33.3 Å². The third kappa shape index (κ3) is 6.54. The number of carbonyl (C=O) groups excluding carboxylic acids is 3. The smallest absolute Gasteiger partial charge is 0.410 e. The van der Waals surface area contributed by atoms with Crippen LogP contribution in [0.25, 0.3) is 0 Å². The average Bonchev–Trinajstić information content (AvgIpc) is 3.17. The monoisotopic (exact) mass is 546 g/mol. The molecule has 210 valence electrons. The molecule has 9 nitrogen and oxygen atoms in total. The second-order valence-corrected chi connectivity index (χ2v) is 10.3. The van der Waals surface area contributed by atoms with Gasteiger partial charge in [0.1, 0.15) is 18.0 Å². The van der Waals surface area contributed by atoms with E-state index in [1.807, 2.05) is 51.1 Å². The largest absolute Gasteiger partial charge is 0.493 e. The van der Waals surface area contributed by atoms with Crippen molar-refractivity contribution in [3.8, 4) is 17.2 Å². The quantitative estimate of drug-likeness (QED) is 0.318. The molecule has 1 heterocycles. The highest BCUT2D eigenvalue weighted by atomic mass is 16.6. The Kier molecular flexibility index (Phi) is 8.62. The van der Waals surface area contributed by atoms with Crippen LogP contribution in [0.1, 0.15) is 52.6 Å². The van der Waals surface area contributed by atoms with Crippen LogP contribution in [0.2, 0.25) is 0 Å². The minimum absolute atomic E-state index is 0.0651. The molecule has 3 amide bonds. The lowest BCUT2D eigenvalue weighted by Gasteiger charge is -2.27. The van der Waals surface area contributed by atoms with Crippen molar-refractivity contribution in [2.75, 3.05) is 27.4 Å². The van der Waals surface area contributed by atoms with Crippen molar-refractivity contribution in [1.29, 1.82) is 0 Å². The minimum Gasteiger partial charge on any atom is -0.493 e. The Bertz CT molecular complexity index is 1380. The van der Waals surface area contributed by atoms with Crippen LogP contribution < -0.4 is 14.2 Å². The summed E-state index contributed by atoms with van der Waals surface area (Å²) in [5.74, 6) is 0.496. The molecule has 1 aliphatic heterocycles. The minimum atomic E-state index is -0.655. The van der Waals surface area contributed by atoms with Crippen LogP contribution in [0.4, 0.5) is 4.79 Å². The van der Waals surface area contributed by atoms with Crippen LogP contribution in [0.3, 0.4) is 0 Å². The van der Waals surface area contributed by atoms with Crippen molar-refractivity contribution in [2.24, 2.45) is 0 Å². The molecule has 40 heavy (non-hydrogen) atoms. The Labute approximate surface area is 234 Å². The summed E-state index contributed by atoms with van der Waals surface area (Å²) < 4.78 is 22.2. The average molecular weight is 547 g/mol. The Morgan fingerprint density at radius 1 is 0.825 bits per heavy atom. The van der Waals surface area contributed by atoms with Crippen LogP contribution in [-0.4, -0.2) is 60.7 Å². The zero-order valence-corrected chi connectivity index (χ0v) is 23.4. The Morgan fingerprint density at radius 3 is 2.23 bits per heavy atom. The van der Waals surface area contributed by atoms with E-state index in [1.165, 1.54) is 19.1 Å². The van der Waals surface area contributed by atoms with Crippen LogP contribution >= 0.6 is 0 Å². The Balaban J connectivity index is 1.48. The number of methoxy groups -OCH3 is 2. The molecular formula is C31H34N2O7. The number of hydrogen-bond donors (Lipinski definition) is 0. The molecule has 3 aromatic rings. The number of imide groups is 1. The van der Waals surface area contributed by atoms with E-state index >= 15 is 0 Å².